The van der Waals surface area contributed by atoms with Crippen LogP contribution in [-0.2, 0) is 6.18 Å². The number of nitrogen functional groups attached to an aromatic ring is 2. The third kappa shape index (κ3) is 3.76. The molecule has 0 atom stereocenters. The molecule has 3 aromatic carbocycles. The third-order valence-electron chi connectivity index (χ3n) is 4.11. The van der Waals surface area contributed by atoms with Crippen LogP contribution >= 0.6 is 0 Å². The Kier molecular flexibility index (Phi) is 4.40. The van der Waals surface area contributed by atoms with E-state index in [0.717, 1.165) is 28.8 Å². The fraction of sp³-hybridized carbons (Fsp3) is 0.100. The summed E-state index contributed by atoms with van der Waals surface area (Å²) in [6.45, 7) is 0. The monoisotopic (exact) mass is 342 g/mol. The number of benzene rings is 3. The highest BCUT2D eigenvalue weighted by atomic mass is 19.4. The van der Waals surface area contributed by atoms with E-state index < -0.39 is 11.7 Å². The van der Waals surface area contributed by atoms with E-state index in [1.54, 1.807) is 24.3 Å². The summed E-state index contributed by atoms with van der Waals surface area (Å²) < 4.78 is 38.5. The van der Waals surface area contributed by atoms with Crippen molar-refractivity contribution in [2.24, 2.45) is 0 Å². The molecule has 0 unspecified atom stereocenters. The minimum absolute atomic E-state index is 0.205. The van der Waals surface area contributed by atoms with Crippen LogP contribution in [0, 0.1) is 0 Å². The molecule has 25 heavy (non-hydrogen) atoms. The normalized spacial score (nSPS) is 11.7. The lowest BCUT2D eigenvalue weighted by Gasteiger charge is -2.20. The summed E-state index contributed by atoms with van der Waals surface area (Å²) in [5.74, 6) is -0.205. The second kappa shape index (κ2) is 6.51. The van der Waals surface area contributed by atoms with Crippen LogP contribution in [0.1, 0.15) is 28.2 Å². The highest BCUT2D eigenvalue weighted by Crippen LogP contribution is 2.35. The maximum absolute atomic E-state index is 12.8. The zero-order valence-electron chi connectivity index (χ0n) is 13.3. The molecule has 0 aliphatic carbocycles. The highest BCUT2D eigenvalue weighted by molar-refractivity contribution is 5.50. The summed E-state index contributed by atoms with van der Waals surface area (Å²) >= 11 is 0. The molecule has 3 aromatic rings. The quantitative estimate of drug-likeness (QED) is 0.517. The van der Waals surface area contributed by atoms with Crippen LogP contribution in [0.3, 0.4) is 0 Å². The van der Waals surface area contributed by atoms with E-state index in [-0.39, 0.29) is 5.92 Å². The fourth-order valence-electron chi connectivity index (χ4n) is 2.82. The summed E-state index contributed by atoms with van der Waals surface area (Å²) in [5, 5.41) is 0. The van der Waals surface area contributed by atoms with Crippen molar-refractivity contribution in [1.29, 1.82) is 0 Å². The van der Waals surface area contributed by atoms with Gasteiger partial charge in [-0.05, 0) is 53.1 Å². The third-order valence-corrected chi connectivity index (χ3v) is 4.11. The predicted octanol–water partition coefficient (Wildman–Crippen LogP) is 5.05. The van der Waals surface area contributed by atoms with Crippen molar-refractivity contribution < 1.29 is 13.2 Å². The van der Waals surface area contributed by atoms with E-state index in [4.69, 9.17) is 11.5 Å². The Hall–Kier alpha value is -2.95. The van der Waals surface area contributed by atoms with Crippen molar-refractivity contribution >= 4 is 11.4 Å². The molecular formula is C20H17F3N2. The van der Waals surface area contributed by atoms with E-state index in [1.807, 2.05) is 24.3 Å². The number of nitrogens with two attached hydrogens (primary N) is 2. The first-order valence-electron chi connectivity index (χ1n) is 7.72. The molecule has 0 aromatic heterocycles. The van der Waals surface area contributed by atoms with Gasteiger partial charge in [-0.15, -0.1) is 0 Å². The van der Waals surface area contributed by atoms with E-state index in [0.29, 0.717) is 11.4 Å². The van der Waals surface area contributed by atoms with Gasteiger partial charge in [0.05, 0.1) is 5.56 Å². The Morgan fingerprint density at radius 1 is 0.560 bits per heavy atom. The lowest BCUT2D eigenvalue weighted by atomic mass is 9.84. The summed E-state index contributed by atoms with van der Waals surface area (Å²) in [6.07, 6.45) is -4.35. The summed E-state index contributed by atoms with van der Waals surface area (Å²) in [6, 6.07) is 19.9. The highest BCUT2D eigenvalue weighted by Gasteiger charge is 2.30. The van der Waals surface area contributed by atoms with Gasteiger partial charge in [0.25, 0.3) is 0 Å². The molecule has 0 aliphatic heterocycles. The van der Waals surface area contributed by atoms with E-state index in [1.165, 1.54) is 12.1 Å². The van der Waals surface area contributed by atoms with Crippen molar-refractivity contribution in [3.8, 4) is 0 Å². The minimum atomic E-state index is -4.35. The molecule has 0 heterocycles. The average Bonchev–Trinajstić information content (AvgIpc) is 2.58. The van der Waals surface area contributed by atoms with Crippen LogP contribution in [0.2, 0.25) is 0 Å². The van der Waals surface area contributed by atoms with Crippen LogP contribution < -0.4 is 11.5 Å². The number of rotatable bonds is 3. The molecule has 0 saturated heterocycles. The zero-order chi connectivity index (χ0) is 18.0. The van der Waals surface area contributed by atoms with Crippen LogP contribution in [0.25, 0.3) is 0 Å². The second-order valence-corrected chi connectivity index (χ2v) is 5.89. The Labute approximate surface area is 143 Å². The van der Waals surface area contributed by atoms with E-state index in [2.05, 4.69) is 0 Å². The lowest BCUT2D eigenvalue weighted by Crippen LogP contribution is -2.07. The molecule has 0 fully saturated rings. The number of halogens is 3. The van der Waals surface area contributed by atoms with E-state index in [9.17, 15) is 13.2 Å². The van der Waals surface area contributed by atoms with Gasteiger partial charge in [0.2, 0.25) is 0 Å². The molecule has 128 valence electrons. The van der Waals surface area contributed by atoms with Gasteiger partial charge in [-0.3, -0.25) is 0 Å². The van der Waals surface area contributed by atoms with Gasteiger partial charge in [0.15, 0.2) is 0 Å². The maximum atomic E-state index is 12.8. The van der Waals surface area contributed by atoms with Gasteiger partial charge in [-0.1, -0.05) is 36.4 Å². The first kappa shape index (κ1) is 16.9. The molecule has 0 radical (unpaired) electrons. The van der Waals surface area contributed by atoms with Crippen LogP contribution in [0.5, 0.6) is 0 Å². The van der Waals surface area contributed by atoms with Gasteiger partial charge in [0, 0.05) is 17.3 Å². The Bertz CT molecular complexity index is 791. The standard InChI is InChI=1S/C20H17F3N2/c21-20(22,23)16-7-1-13(2-8-16)19(14-3-9-17(24)10-4-14)15-5-11-18(25)12-6-15/h1-12,19H,24-25H2. The maximum Gasteiger partial charge on any atom is 0.416 e. The Morgan fingerprint density at radius 2 is 0.880 bits per heavy atom. The molecule has 0 aliphatic rings. The van der Waals surface area contributed by atoms with Gasteiger partial charge in [-0.2, -0.15) is 13.2 Å². The molecule has 5 heteroatoms. The first-order chi connectivity index (χ1) is 11.8. The summed E-state index contributed by atoms with van der Waals surface area (Å²) in [5.41, 5.74) is 14.8. The van der Waals surface area contributed by atoms with Crippen LogP contribution in [0.4, 0.5) is 24.5 Å². The molecule has 0 saturated carbocycles. The van der Waals surface area contributed by atoms with Crippen molar-refractivity contribution in [3.05, 3.63) is 95.1 Å². The zero-order valence-corrected chi connectivity index (χ0v) is 13.3. The smallest absolute Gasteiger partial charge is 0.399 e. The van der Waals surface area contributed by atoms with Gasteiger partial charge in [0.1, 0.15) is 0 Å². The van der Waals surface area contributed by atoms with Crippen molar-refractivity contribution in [3.63, 3.8) is 0 Å². The Balaban J connectivity index is 2.07. The van der Waals surface area contributed by atoms with Gasteiger partial charge >= 0.3 is 6.18 Å². The van der Waals surface area contributed by atoms with Crippen LogP contribution in [-0.4, -0.2) is 0 Å². The molecular weight excluding hydrogens is 325 g/mol. The van der Waals surface area contributed by atoms with Gasteiger partial charge < -0.3 is 11.5 Å². The fourth-order valence-corrected chi connectivity index (χ4v) is 2.82. The lowest BCUT2D eigenvalue weighted by molar-refractivity contribution is -0.137. The molecule has 3 rings (SSSR count). The minimum Gasteiger partial charge on any atom is -0.399 e. The number of alkyl halides is 3. The average molecular weight is 342 g/mol. The van der Waals surface area contributed by atoms with E-state index >= 15 is 0 Å². The number of hydrogen-bond acceptors (Lipinski definition) is 2. The topological polar surface area (TPSA) is 52.0 Å². The largest absolute Gasteiger partial charge is 0.416 e. The number of hydrogen-bond donors (Lipinski definition) is 2. The molecule has 0 amide bonds. The number of anilines is 2. The van der Waals surface area contributed by atoms with Crippen molar-refractivity contribution in [1.82, 2.24) is 0 Å². The predicted molar refractivity (Wildman–Crippen MR) is 94.1 cm³/mol. The molecule has 2 nitrogen and oxygen atoms in total. The molecule has 0 spiro atoms. The molecule has 0 bridgehead atoms. The Morgan fingerprint density at radius 3 is 1.20 bits per heavy atom. The van der Waals surface area contributed by atoms with Crippen LogP contribution in [0.15, 0.2) is 72.8 Å². The first-order valence-corrected chi connectivity index (χ1v) is 7.72. The van der Waals surface area contributed by atoms with Crippen molar-refractivity contribution in [2.45, 2.75) is 12.1 Å². The SMILES string of the molecule is Nc1ccc(C(c2ccc(N)cc2)c2ccc(C(F)(F)F)cc2)cc1. The molecule has 4 N–H and O–H groups in total. The van der Waals surface area contributed by atoms with Crippen molar-refractivity contribution in [2.75, 3.05) is 11.5 Å². The second-order valence-electron chi connectivity index (χ2n) is 5.89. The summed E-state index contributed by atoms with van der Waals surface area (Å²) in [7, 11) is 0. The van der Waals surface area contributed by atoms with Gasteiger partial charge in [-0.25, -0.2) is 0 Å². The summed E-state index contributed by atoms with van der Waals surface area (Å²) in [4.78, 5) is 0.